The molecule has 0 saturated carbocycles. The number of alkyl halides is 3. The first-order chi connectivity index (χ1) is 12.6. The Hall–Kier alpha value is -2.06. The lowest BCUT2D eigenvalue weighted by atomic mass is 10.2. The Morgan fingerprint density at radius 1 is 1.07 bits per heavy atom. The van der Waals surface area contributed by atoms with Gasteiger partial charge in [-0.25, -0.2) is 0 Å². The van der Waals surface area contributed by atoms with Crippen molar-refractivity contribution < 1.29 is 27.5 Å². The van der Waals surface area contributed by atoms with E-state index in [1.807, 2.05) is 0 Å². The van der Waals surface area contributed by atoms with Crippen LogP contribution in [0, 0.1) is 0 Å². The molecule has 0 heterocycles. The van der Waals surface area contributed by atoms with Gasteiger partial charge >= 0.3 is 12.1 Å². The third-order valence-electron chi connectivity index (χ3n) is 3.44. The molecule has 27 heavy (non-hydrogen) atoms. The summed E-state index contributed by atoms with van der Waals surface area (Å²) in [6.45, 7) is 0.0627. The quantitative estimate of drug-likeness (QED) is 0.568. The van der Waals surface area contributed by atoms with Crippen molar-refractivity contribution in [2.45, 2.75) is 25.6 Å². The highest BCUT2D eigenvalue weighted by atomic mass is 79.9. The van der Waals surface area contributed by atoms with Crippen molar-refractivity contribution in [3.05, 3.63) is 63.1 Å². The van der Waals surface area contributed by atoms with Crippen molar-refractivity contribution in [1.29, 1.82) is 0 Å². The summed E-state index contributed by atoms with van der Waals surface area (Å²) >= 11 is 9.09. The molecule has 0 fully saturated rings. The minimum absolute atomic E-state index is 0.0332. The lowest BCUT2D eigenvalue weighted by Crippen LogP contribution is -2.15. The largest absolute Gasteiger partial charge is 0.461 e. The highest BCUT2D eigenvalue weighted by Gasteiger charge is 2.31. The molecule has 0 aromatic heterocycles. The fraction of sp³-hybridized carbons (Fsp3) is 0.222. The maximum absolute atomic E-state index is 12.7. The van der Waals surface area contributed by atoms with E-state index in [1.165, 1.54) is 0 Å². The van der Waals surface area contributed by atoms with Gasteiger partial charge in [-0.05, 0) is 35.9 Å². The Bertz CT molecular complexity index is 826. The molecular weight excluding hydrogens is 451 g/mol. The van der Waals surface area contributed by atoms with Gasteiger partial charge in [0.2, 0.25) is 5.91 Å². The molecule has 0 radical (unpaired) electrons. The van der Waals surface area contributed by atoms with Crippen LogP contribution in [-0.4, -0.2) is 11.9 Å². The SMILES string of the molecule is O=C(CCC(=O)OCc1ccc(Br)cc1)Nc1cc(C(F)(F)F)ccc1Cl. The molecule has 1 N–H and O–H groups in total. The van der Waals surface area contributed by atoms with Crippen LogP contribution >= 0.6 is 27.5 Å². The minimum atomic E-state index is -4.55. The van der Waals surface area contributed by atoms with Crippen LogP contribution in [0.2, 0.25) is 5.02 Å². The number of rotatable bonds is 6. The summed E-state index contributed by atoms with van der Waals surface area (Å²) < 4.78 is 44.1. The van der Waals surface area contributed by atoms with E-state index >= 15 is 0 Å². The van der Waals surface area contributed by atoms with Gasteiger partial charge in [0.05, 0.1) is 22.7 Å². The lowest BCUT2D eigenvalue weighted by molar-refractivity contribution is -0.145. The lowest BCUT2D eigenvalue weighted by Gasteiger charge is -2.11. The van der Waals surface area contributed by atoms with E-state index in [2.05, 4.69) is 21.2 Å². The zero-order valence-electron chi connectivity index (χ0n) is 13.8. The molecule has 0 aliphatic rings. The van der Waals surface area contributed by atoms with Crippen molar-refractivity contribution in [3.8, 4) is 0 Å². The fourth-order valence-corrected chi connectivity index (χ4v) is 2.47. The van der Waals surface area contributed by atoms with Crippen molar-refractivity contribution in [1.82, 2.24) is 0 Å². The number of ether oxygens (including phenoxy) is 1. The Kier molecular flexibility index (Phi) is 7.26. The molecular formula is C18H14BrClF3NO3. The summed E-state index contributed by atoms with van der Waals surface area (Å²) in [5, 5.41) is 2.24. The molecule has 2 rings (SSSR count). The van der Waals surface area contributed by atoms with Crippen LogP contribution in [0.25, 0.3) is 0 Å². The van der Waals surface area contributed by atoms with E-state index in [1.54, 1.807) is 24.3 Å². The van der Waals surface area contributed by atoms with Crippen LogP contribution in [0.15, 0.2) is 46.9 Å². The van der Waals surface area contributed by atoms with Crippen molar-refractivity contribution in [3.63, 3.8) is 0 Å². The van der Waals surface area contributed by atoms with Gasteiger partial charge < -0.3 is 10.1 Å². The molecule has 2 aromatic carbocycles. The van der Waals surface area contributed by atoms with Crippen molar-refractivity contribution >= 4 is 45.1 Å². The summed E-state index contributed by atoms with van der Waals surface area (Å²) in [5.41, 5.74) is -0.317. The van der Waals surface area contributed by atoms with Gasteiger partial charge in [-0.2, -0.15) is 13.2 Å². The average molecular weight is 465 g/mol. The number of carbonyl (C=O) groups excluding carboxylic acids is 2. The standard InChI is InChI=1S/C18H14BrClF3NO3/c19-13-4-1-11(2-5-13)10-27-17(26)8-7-16(25)24-15-9-12(18(21,22)23)3-6-14(15)20/h1-6,9H,7-8,10H2,(H,24,25). The van der Waals surface area contributed by atoms with E-state index in [0.717, 1.165) is 28.2 Å². The molecule has 144 valence electrons. The monoisotopic (exact) mass is 463 g/mol. The number of amides is 1. The predicted molar refractivity (Wildman–Crippen MR) is 98.3 cm³/mol. The smallest absolute Gasteiger partial charge is 0.416 e. The van der Waals surface area contributed by atoms with Gasteiger partial charge in [0.1, 0.15) is 6.61 Å². The second-order valence-corrected chi connectivity index (χ2v) is 6.85. The minimum Gasteiger partial charge on any atom is -0.461 e. The molecule has 0 unspecified atom stereocenters. The fourth-order valence-electron chi connectivity index (χ4n) is 2.04. The Labute approximate surface area is 166 Å². The van der Waals surface area contributed by atoms with Gasteiger partial charge in [0.15, 0.2) is 0 Å². The normalized spacial score (nSPS) is 11.1. The zero-order valence-corrected chi connectivity index (χ0v) is 16.1. The number of nitrogens with one attached hydrogen (secondary N) is 1. The maximum atomic E-state index is 12.7. The molecule has 4 nitrogen and oxygen atoms in total. The summed E-state index contributed by atoms with van der Waals surface area (Å²) in [4.78, 5) is 23.6. The van der Waals surface area contributed by atoms with E-state index < -0.39 is 23.6 Å². The Balaban J connectivity index is 1.83. The topological polar surface area (TPSA) is 55.4 Å². The third kappa shape index (κ3) is 6.88. The summed E-state index contributed by atoms with van der Waals surface area (Å²) in [6.07, 6.45) is -5.01. The molecule has 9 heteroatoms. The third-order valence-corrected chi connectivity index (χ3v) is 4.30. The van der Waals surface area contributed by atoms with Crippen LogP contribution in [0.1, 0.15) is 24.0 Å². The molecule has 2 aromatic rings. The van der Waals surface area contributed by atoms with E-state index in [-0.39, 0.29) is 30.2 Å². The highest BCUT2D eigenvalue weighted by Crippen LogP contribution is 2.33. The molecule has 0 bridgehead atoms. The second kappa shape index (κ2) is 9.23. The van der Waals surface area contributed by atoms with Crippen molar-refractivity contribution in [2.24, 2.45) is 0 Å². The molecule has 0 aliphatic heterocycles. The van der Waals surface area contributed by atoms with Crippen LogP contribution in [0.4, 0.5) is 18.9 Å². The van der Waals surface area contributed by atoms with Gasteiger partial charge in [-0.15, -0.1) is 0 Å². The first kappa shape index (κ1) is 21.2. The number of esters is 1. The zero-order chi connectivity index (χ0) is 20.0. The Morgan fingerprint density at radius 3 is 2.37 bits per heavy atom. The molecule has 0 saturated heterocycles. The summed E-state index contributed by atoms with van der Waals surface area (Å²) in [6, 6.07) is 9.76. The van der Waals surface area contributed by atoms with E-state index in [9.17, 15) is 22.8 Å². The average Bonchev–Trinajstić information content (AvgIpc) is 2.60. The van der Waals surface area contributed by atoms with Crippen LogP contribution in [0.5, 0.6) is 0 Å². The second-order valence-electron chi connectivity index (χ2n) is 5.53. The van der Waals surface area contributed by atoms with Gasteiger partial charge in [-0.3, -0.25) is 9.59 Å². The predicted octanol–water partition coefficient (Wildman–Crippen LogP) is 5.58. The number of benzene rings is 2. The van der Waals surface area contributed by atoms with Crippen LogP contribution < -0.4 is 5.32 Å². The first-order valence-electron chi connectivity index (χ1n) is 7.72. The molecule has 1 amide bonds. The van der Waals surface area contributed by atoms with Gasteiger partial charge in [-0.1, -0.05) is 39.7 Å². The van der Waals surface area contributed by atoms with Crippen molar-refractivity contribution in [2.75, 3.05) is 5.32 Å². The number of anilines is 1. The first-order valence-corrected chi connectivity index (χ1v) is 8.89. The van der Waals surface area contributed by atoms with Crippen LogP contribution in [0.3, 0.4) is 0 Å². The Morgan fingerprint density at radius 2 is 1.74 bits per heavy atom. The maximum Gasteiger partial charge on any atom is 0.416 e. The number of hydrogen-bond acceptors (Lipinski definition) is 3. The van der Waals surface area contributed by atoms with Gasteiger partial charge in [0.25, 0.3) is 0 Å². The molecule has 0 aliphatic carbocycles. The number of carbonyl (C=O) groups is 2. The van der Waals surface area contributed by atoms with Gasteiger partial charge in [0, 0.05) is 10.9 Å². The number of hydrogen-bond donors (Lipinski definition) is 1. The summed E-state index contributed by atoms with van der Waals surface area (Å²) in [5.74, 6) is -1.24. The van der Waals surface area contributed by atoms with E-state index in [4.69, 9.17) is 16.3 Å². The molecule has 0 spiro atoms. The highest BCUT2D eigenvalue weighted by molar-refractivity contribution is 9.10. The molecule has 0 atom stereocenters. The van der Waals surface area contributed by atoms with E-state index in [0.29, 0.717) is 0 Å². The summed E-state index contributed by atoms with van der Waals surface area (Å²) in [7, 11) is 0. The number of halogens is 5. The van der Waals surface area contributed by atoms with Crippen LogP contribution in [-0.2, 0) is 27.1 Å².